The minimum atomic E-state index is -0.224. The average Bonchev–Trinajstić information content (AvgIpc) is 2.72. The van der Waals surface area contributed by atoms with Crippen LogP contribution in [0, 0.1) is 0 Å². The number of benzene rings is 2. The summed E-state index contributed by atoms with van der Waals surface area (Å²) >= 11 is 1.47. The van der Waals surface area contributed by atoms with Crippen LogP contribution in [0.5, 0.6) is 5.75 Å². The van der Waals surface area contributed by atoms with E-state index in [0.717, 1.165) is 17.1 Å². The Bertz CT molecular complexity index is 894. The number of ether oxygens (including phenoxy) is 2. The van der Waals surface area contributed by atoms with Crippen LogP contribution < -0.4 is 15.4 Å². The molecule has 1 aliphatic heterocycles. The molecule has 146 valence electrons. The quantitative estimate of drug-likeness (QED) is 0.778. The van der Waals surface area contributed by atoms with Crippen molar-refractivity contribution < 1.29 is 19.1 Å². The van der Waals surface area contributed by atoms with E-state index in [4.69, 9.17) is 9.47 Å². The molecule has 2 N–H and O–H groups in total. The average molecular weight is 398 g/mol. The smallest absolute Gasteiger partial charge is 0.265 e. The first kappa shape index (κ1) is 19.8. The van der Waals surface area contributed by atoms with Gasteiger partial charge >= 0.3 is 0 Å². The van der Waals surface area contributed by atoms with Crippen LogP contribution in [0.25, 0.3) is 0 Å². The molecule has 0 fully saturated rings. The van der Waals surface area contributed by atoms with E-state index in [-0.39, 0.29) is 11.8 Å². The predicted octanol–water partition coefficient (Wildman–Crippen LogP) is 3.56. The summed E-state index contributed by atoms with van der Waals surface area (Å²) in [7, 11) is 1.61. The van der Waals surface area contributed by atoms with E-state index in [2.05, 4.69) is 10.6 Å². The van der Waals surface area contributed by atoms with Gasteiger partial charge in [0.05, 0.1) is 13.7 Å². The lowest BCUT2D eigenvalue weighted by Crippen LogP contribution is -2.23. The standard InChI is InChI=1S/C21H22N2O4S/c1-14-19(28-11-10-27-14)21(25)23-17-5-3-4-16(12-17)20(24)22-13-15-6-8-18(26-2)9-7-15/h3-9,12H,10-11,13H2,1-2H3,(H,22,24)(H,23,25). The molecule has 0 bridgehead atoms. The van der Waals surface area contributed by atoms with E-state index >= 15 is 0 Å². The van der Waals surface area contributed by atoms with Crippen molar-refractivity contribution in [3.63, 3.8) is 0 Å². The number of carbonyl (C=O) groups is 2. The van der Waals surface area contributed by atoms with Crippen LogP contribution >= 0.6 is 11.8 Å². The SMILES string of the molecule is COc1ccc(CNC(=O)c2cccc(NC(=O)C3=C(C)OCCS3)c2)cc1. The summed E-state index contributed by atoms with van der Waals surface area (Å²) in [6.45, 7) is 2.79. The summed E-state index contributed by atoms with van der Waals surface area (Å²) in [6.07, 6.45) is 0. The molecule has 0 saturated carbocycles. The van der Waals surface area contributed by atoms with E-state index in [1.54, 1.807) is 38.3 Å². The van der Waals surface area contributed by atoms with Gasteiger partial charge in [-0.1, -0.05) is 18.2 Å². The number of thioether (sulfide) groups is 1. The third-order valence-corrected chi connectivity index (χ3v) is 5.30. The molecular weight excluding hydrogens is 376 g/mol. The Morgan fingerprint density at radius 2 is 1.93 bits per heavy atom. The van der Waals surface area contributed by atoms with Crippen LogP contribution in [0.2, 0.25) is 0 Å². The molecule has 0 unspecified atom stereocenters. The van der Waals surface area contributed by atoms with Gasteiger partial charge in [-0.2, -0.15) is 0 Å². The van der Waals surface area contributed by atoms with Crippen LogP contribution in [0.1, 0.15) is 22.8 Å². The van der Waals surface area contributed by atoms with Crippen molar-refractivity contribution in [2.75, 3.05) is 24.8 Å². The second-order valence-corrected chi connectivity index (χ2v) is 7.25. The molecule has 28 heavy (non-hydrogen) atoms. The highest BCUT2D eigenvalue weighted by atomic mass is 32.2. The van der Waals surface area contributed by atoms with Gasteiger partial charge in [-0.05, 0) is 42.8 Å². The molecule has 6 nitrogen and oxygen atoms in total. The molecule has 0 radical (unpaired) electrons. The Hall–Kier alpha value is -2.93. The van der Waals surface area contributed by atoms with Crippen LogP contribution in [-0.4, -0.2) is 31.3 Å². The zero-order chi connectivity index (χ0) is 19.9. The molecule has 1 aliphatic rings. The molecule has 1 heterocycles. The first-order valence-corrected chi connectivity index (χ1v) is 9.84. The van der Waals surface area contributed by atoms with Crippen LogP contribution in [0.3, 0.4) is 0 Å². The Morgan fingerprint density at radius 1 is 1.14 bits per heavy atom. The highest BCUT2D eigenvalue weighted by molar-refractivity contribution is 8.04. The summed E-state index contributed by atoms with van der Waals surface area (Å²) in [5.41, 5.74) is 2.01. The fraction of sp³-hybridized carbons (Fsp3) is 0.238. The maximum atomic E-state index is 12.5. The van der Waals surface area contributed by atoms with Crippen molar-refractivity contribution in [3.05, 3.63) is 70.3 Å². The number of allylic oxidation sites excluding steroid dienone is 1. The summed E-state index contributed by atoms with van der Waals surface area (Å²) in [4.78, 5) is 25.5. The normalized spacial score (nSPS) is 13.5. The van der Waals surface area contributed by atoms with Gasteiger partial charge in [-0.25, -0.2) is 0 Å². The lowest BCUT2D eigenvalue weighted by atomic mass is 10.1. The van der Waals surface area contributed by atoms with E-state index < -0.39 is 0 Å². The highest BCUT2D eigenvalue weighted by Crippen LogP contribution is 2.26. The Balaban J connectivity index is 1.61. The minimum Gasteiger partial charge on any atom is -0.497 e. The van der Waals surface area contributed by atoms with Gasteiger partial charge in [0.15, 0.2) is 0 Å². The number of methoxy groups -OCH3 is 1. The summed E-state index contributed by atoms with van der Waals surface area (Å²) < 4.78 is 10.6. The third kappa shape index (κ3) is 5.07. The Labute approximate surface area is 168 Å². The van der Waals surface area contributed by atoms with Crippen molar-refractivity contribution in [1.82, 2.24) is 5.32 Å². The number of rotatable bonds is 6. The molecule has 7 heteroatoms. The van der Waals surface area contributed by atoms with Gasteiger partial charge in [-0.15, -0.1) is 11.8 Å². The fourth-order valence-electron chi connectivity index (χ4n) is 2.68. The predicted molar refractivity (Wildman–Crippen MR) is 110 cm³/mol. The lowest BCUT2D eigenvalue weighted by Gasteiger charge is -2.18. The molecule has 0 aliphatic carbocycles. The number of carbonyl (C=O) groups excluding carboxylic acids is 2. The van der Waals surface area contributed by atoms with Crippen molar-refractivity contribution >= 4 is 29.3 Å². The van der Waals surface area contributed by atoms with Gasteiger partial charge in [0.1, 0.15) is 16.4 Å². The van der Waals surface area contributed by atoms with E-state index in [0.29, 0.717) is 35.1 Å². The number of hydrogen-bond donors (Lipinski definition) is 2. The maximum absolute atomic E-state index is 12.5. The van der Waals surface area contributed by atoms with Gasteiger partial charge in [-0.3, -0.25) is 9.59 Å². The van der Waals surface area contributed by atoms with Crippen molar-refractivity contribution in [2.24, 2.45) is 0 Å². The first-order valence-electron chi connectivity index (χ1n) is 8.86. The zero-order valence-corrected chi connectivity index (χ0v) is 16.6. The lowest BCUT2D eigenvalue weighted by molar-refractivity contribution is -0.112. The van der Waals surface area contributed by atoms with Gasteiger partial charge in [0.2, 0.25) is 0 Å². The number of anilines is 1. The monoisotopic (exact) mass is 398 g/mol. The van der Waals surface area contributed by atoms with Gasteiger partial charge in [0.25, 0.3) is 11.8 Å². The largest absolute Gasteiger partial charge is 0.497 e. The number of nitrogens with one attached hydrogen (secondary N) is 2. The molecule has 2 aromatic carbocycles. The van der Waals surface area contributed by atoms with Crippen LogP contribution in [0.4, 0.5) is 5.69 Å². The van der Waals surface area contributed by atoms with Gasteiger partial charge < -0.3 is 20.1 Å². The molecule has 0 spiro atoms. The number of hydrogen-bond acceptors (Lipinski definition) is 5. The maximum Gasteiger partial charge on any atom is 0.265 e. The summed E-state index contributed by atoms with van der Waals surface area (Å²) in [5, 5.41) is 5.71. The van der Waals surface area contributed by atoms with Crippen molar-refractivity contribution in [3.8, 4) is 5.75 Å². The van der Waals surface area contributed by atoms with Crippen LogP contribution in [-0.2, 0) is 16.1 Å². The molecule has 0 atom stereocenters. The number of amides is 2. The summed E-state index contributed by atoms with van der Waals surface area (Å²) in [5.74, 6) is 1.71. The second kappa shape index (κ2) is 9.32. The van der Waals surface area contributed by atoms with E-state index in [1.807, 2.05) is 24.3 Å². The van der Waals surface area contributed by atoms with Crippen LogP contribution in [0.15, 0.2) is 59.2 Å². The first-order chi connectivity index (χ1) is 13.6. The Morgan fingerprint density at radius 3 is 2.64 bits per heavy atom. The van der Waals surface area contributed by atoms with Crippen molar-refractivity contribution in [2.45, 2.75) is 13.5 Å². The molecule has 2 aromatic rings. The molecule has 0 aromatic heterocycles. The van der Waals surface area contributed by atoms with E-state index in [1.165, 1.54) is 11.8 Å². The zero-order valence-electron chi connectivity index (χ0n) is 15.8. The van der Waals surface area contributed by atoms with Crippen molar-refractivity contribution in [1.29, 1.82) is 0 Å². The Kier molecular flexibility index (Phi) is 6.60. The fourth-order valence-corrected chi connectivity index (χ4v) is 3.50. The topological polar surface area (TPSA) is 76.7 Å². The molecule has 3 rings (SSSR count). The molecule has 2 amide bonds. The van der Waals surface area contributed by atoms with Gasteiger partial charge in [0, 0.05) is 23.5 Å². The molecule has 0 saturated heterocycles. The van der Waals surface area contributed by atoms with E-state index in [9.17, 15) is 9.59 Å². The summed E-state index contributed by atoms with van der Waals surface area (Å²) in [6, 6.07) is 14.4. The highest BCUT2D eigenvalue weighted by Gasteiger charge is 2.19. The third-order valence-electron chi connectivity index (χ3n) is 4.17. The minimum absolute atomic E-state index is 0.210. The molecular formula is C21H22N2O4S. The second-order valence-electron chi connectivity index (χ2n) is 6.15.